The van der Waals surface area contributed by atoms with Gasteiger partial charge in [-0.15, -0.1) is 11.8 Å². The third-order valence-electron chi connectivity index (χ3n) is 2.49. The molecule has 1 heterocycles. The molecule has 76 valence electrons. The molecule has 1 aliphatic rings. The highest BCUT2D eigenvalue weighted by Crippen LogP contribution is 2.01. The summed E-state index contributed by atoms with van der Waals surface area (Å²) in [4.78, 5) is 4.61. The lowest BCUT2D eigenvalue weighted by Crippen LogP contribution is -2.46. The monoisotopic (exact) mass is 191 g/mol. The van der Waals surface area contributed by atoms with Crippen molar-refractivity contribution in [2.24, 2.45) is 0 Å². The Morgan fingerprint density at radius 1 is 1.14 bits per heavy atom. The molecule has 0 radical (unpaired) electrons. The van der Waals surface area contributed by atoms with E-state index in [9.17, 15) is 0 Å². The number of rotatable bonds is 3. The van der Waals surface area contributed by atoms with Crippen LogP contribution in [0.3, 0.4) is 0 Å². The lowest BCUT2D eigenvalue weighted by molar-refractivity contribution is 0.146. The fourth-order valence-electron chi connectivity index (χ4n) is 1.61. The minimum atomic E-state index is 0.572. The van der Waals surface area contributed by atoms with Gasteiger partial charge in [0.2, 0.25) is 0 Å². The Kier molecular flexibility index (Phi) is 5.07. The summed E-state index contributed by atoms with van der Waals surface area (Å²) in [5.74, 6) is 5.98. The maximum Gasteiger partial charge on any atom is 0.0866 e. The van der Waals surface area contributed by atoms with Crippen LogP contribution in [0.4, 0.5) is 0 Å². The molecule has 1 fully saturated rings. The number of nitrogens with zero attached hydrogens (tertiary/aromatic N) is 3. The molecule has 0 N–H and O–H groups in total. The molecule has 0 aromatic heterocycles. The van der Waals surface area contributed by atoms with E-state index in [0.29, 0.717) is 6.54 Å². The molecule has 1 rings (SSSR count). The van der Waals surface area contributed by atoms with Gasteiger partial charge in [-0.05, 0) is 6.92 Å². The first-order valence-electron chi connectivity index (χ1n) is 5.08. The van der Waals surface area contributed by atoms with Crippen molar-refractivity contribution in [1.82, 2.24) is 9.80 Å². The zero-order chi connectivity index (χ0) is 10.2. The van der Waals surface area contributed by atoms with Gasteiger partial charge in [0.1, 0.15) is 0 Å². The number of piperazine rings is 1. The maximum absolute atomic E-state index is 8.53. The SMILES string of the molecule is CC#CCCN1CCN(CC#N)CC1. The Balaban J connectivity index is 2.15. The van der Waals surface area contributed by atoms with Gasteiger partial charge in [-0.2, -0.15) is 5.26 Å². The minimum absolute atomic E-state index is 0.572. The first kappa shape index (κ1) is 11.0. The van der Waals surface area contributed by atoms with Crippen molar-refractivity contribution in [2.75, 3.05) is 39.3 Å². The fourth-order valence-corrected chi connectivity index (χ4v) is 1.61. The highest BCUT2D eigenvalue weighted by Gasteiger charge is 2.14. The molecule has 0 aromatic rings. The molecule has 0 aliphatic carbocycles. The first-order chi connectivity index (χ1) is 6.86. The highest BCUT2D eigenvalue weighted by atomic mass is 15.3. The average molecular weight is 191 g/mol. The van der Waals surface area contributed by atoms with Gasteiger partial charge >= 0.3 is 0 Å². The summed E-state index contributed by atoms with van der Waals surface area (Å²) in [5.41, 5.74) is 0. The predicted molar refractivity (Wildman–Crippen MR) is 56.6 cm³/mol. The summed E-state index contributed by atoms with van der Waals surface area (Å²) in [6.07, 6.45) is 0.967. The summed E-state index contributed by atoms with van der Waals surface area (Å²) in [5, 5.41) is 8.53. The Labute approximate surface area is 86.3 Å². The summed E-state index contributed by atoms with van der Waals surface area (Å²) >= 11 is 0. The van der Waals surface area contributed by atoms with Crippen LogP contribution in [0.25, 0.3) is 0 Å². The second kappa shape index (κ2) is 6.43. The maximum atomic E-state index is 8.53. The Morgan fingerprint density at radius 2 is 1.79 bits per heavy atom. The van der Waals surface area contributed by atoms with Crippen LogP contribution < -0.4 is 0 Å². The topological polar surface area (TPSA) is 30.3 Å². The van der Waals surface area contributed by atoms with Gasteiger partial charge in [0.25, 0.3) is 0 Å². The van der Waals surface area contributed by atoms with E-state index in [1.807, 2.05) is 6.92 Å². The first-order valence-corrected chi connectivity index (χ1v) is 5.08. The van der Waals surface area contributed by atoms with Gasteiger partial charge in [-0.1, -0.05) is 0 Å². The number of hydrogen-bond donors (Lipinski definition) is 0. The van der Waals surface area contributed by atoms with Gasteiger partial charge in [-0.25, -0.2) is 0 Å². The van der Waals surface area contributed by atoms with Crippen LogP contribution in [0, 0.1) is 23.2 Å². The van der Waals surface area contributed by atoms with Crippen molar-refractivity contribution in [2.45, 2.75) is 13.3 Å². The van der Waals surface area contributed by atoms with Gasteiger partial charge in [0.05, 0.1) is 12.6 Å². The largest absolute Gasteiger partial charge is 0.300 e. The van der Waals surface area contributed by atoms with Crippen LogP contribution in [0.15, 0.2) is 0 Å². The molecule has 1 aliphatic heterocycles. The van der Waals surface area contributed by atoms with Crippen molar-refractivity contribution in [3.63, 3.8) is 0 Å². The molecule has 0 aromatic carbocycles. The van der Waals surface area contributed by atoms with E-state index >= 15 is 0 Å². The molecule has 0 saturated carbocycles. The van der Waals surface area contributed by atoms with Crippen molar-refractivity contribution < 1.29 is 0 Å². The van der Waals surface area contributed by atoms with E-state index < -0.39 is 0 Å². The van der Waals surface area contributed by atoms with Crippen LogP contribution in [-0.2, 0) is 0 Å². The Morgan fingerprint density at radius 3 is 2.36 bits per heavy atom. The summed E-state index contributed by atoms with van der Waals surface area (Å²) in [6, 6.07) is 2.19. The minimum Gasteiger partial charge on any atom is -0.300 e. The van der Waals surface area contributed by atoms with E-state index in [4.69, 9.17) is 5.26 Å². The predicted octanol–water partition coefficient (Wildman–Crippen LogP) is 0.541. The quantitative estimate of drug-likeness (QED) is 0.482. The zero-order valence-corrected chi connectivity index (χ0v) is 8.79. The Hall–Kier alpha value is -1.03. The average Bonchev–Trinajstić information content (AvgIpc) is 2.21. The van der Waals surface area contributed by atoms with Crippen molar-refractivity contribution >= 4 is 0 Å². The lowest BCUT2D eigenvalue weighted by atomic mass is 10.3. The van der Waals surface area contributed by atoms with E-state index in [1.54, 1.807) is 0 Å². The van der Waals surface area contributed by atoms with Gasteiger partial charge < -0.3 is 0 Å². The molecule has 0 spiro atoms. The van der Waals surface area contributed by atoms with Crippen LogP contribution in [-0.4, -0.2) is 49.1 Å². The molecular weight excluding hydrogens is 174 g/mol. The van der Waals surface area contributed by atoms with Gasteiger partial charge in [0, 0.05) is 39.1 Å². The van der Waals surface area contributed by atoms with Gasteiger partial charge in [0.15, 0.2) is 0 Å². The van der Waals surface area contributed by atoms with E-state index in [1.165, 1.54) is 0 Å². The standard InChI is InChI=1S/C11H17N3/c1-2-3-4-6-13-8-10-14(7-5-12)11-9-13/h4,6-11H2,1H3. The Bertz CT molecular complexity index is 248. The second-order valence-electron chi connectivity index (χ2n) is 3.45. The summed E-state index contributed by atoms with van der Waals surface area (Å²) < 4.78 is 0. The molecule has 0 atom stereocenters. The molecule has 0 bridgehead atoms. The lowest BCUT2D eigenvalue weighted by Gasteiger charge is -2.32. The zero-order valence-electron chi connectivity index (χ0n) is 8.79. The second-order valence-corrected chi connectivity index (χ2v) is 3.45. The molecular formula is C11H17N3. The number of hydrogen-bond acceptors (Lipinski definition) is 3. The molecule has 14 heavy (non-hydrogen) atoms. The van der Waals surface area contributed by atoms with Crippen LogP contribution >= 0.6 is 0 Å². The van der Waals surface area contributed by atoms with Crippen molar-refractivity contribution in [3.8, 4) is 17.9 Å². The molecule has 0 amide bonds. The molecule has 3 nitrogen and oxygen atoms in total. The van der Waals surface area contributed by atoms with E-state index in [0.717, 1.165) is 39.1 Å². The third kappa shape index (κ3) is 3.79. The summed E-state index contributed by atoms with van der Waals surface area (Å²) in [7, 11) is 0. The van der Waals surface area contributed by atoms with E-state index in [-0.39, 0.29) is 0 Å². The highest BCUT2D eigenvalue weighted by molar-refractivity contribution is 4.95. The van der Waals surface area contributed by atoms with Crippen molar-refractivity contribution in [1.29, 1.82) is 5.26 Å². The normalized spacial score (nSPS) is 18.3. The summed E-state index contributed by atoms with van der Waals surface area (Å²) in [6.45, 7) is 7.72. The third-order valence-corrected chi connectivity index (χ3v) is 2.49. The smallest absolute Gasteiger partial charge is 0.0866 e. The fraction of sp³-hybridized carbons (Fsp3) is 0.727. The molecule has 3 heteroatoms. The van der Waals surface area contributed by atoms with Crippen LogP contribution in [0.2, 0.25) is 0 Å². The van der Waals surface area contributed by atoms with Gasteiger partial charge in [-0.3, -0.25) is 9.80 Å². The van der Waals surface area contributed by atoms with Crippen LogP contribution in [0.5, 0.6) is 0 Å². The van der Waals surface area contributed by atoms with Crippen molar-refractivity contribution in [3.05, 3.63) is 0 Å². The molecule has 1 saturated heterocycles. The van der Waals surface area contributed by atoms with Crippen LogP contribution in [0.1, 0.15) is 13.3 Å². The number of nitriles is 1. The molecule has 0 unspecified atom stereocenters. The van der Waals surface area contributed by atoms with E-state index in [2.05, 4.69) is 27.7 Å².